The van der Waals surface area contributed by atoms with Crippen molar-refractivity contribution in [3.63, 3.8) is 0 Å². The van der Waals surface area contributed by atoms with Crippen molar-refractivity contribution in [1.82, 2.24) is 14.5 Å². The Balaban J connectivity index is 1.55. The van der Waals surface area contributed by atoms with Gasteiger partial charge in [-0.1, -0.05) is 6.07 Å². The maximum atomic E-state index is 12.7. The van der Waals surface area contributed by atoms with Gasteiger partial charge in [0.1, 0.15) is 19.8 Å². The first-order chi connectivity index (χ1) is 12.6. The van der Waals surface area contributed by atoms with Gasteiger partial charge in [0.2, 0.25) is 5.91 Å². The maximum Gasteiger partial charge on any atom is 0.328 e. The van der Waals surface area contributed by atoms with Crippen LogP contribution >= 0.6 is 0 Å². The van der Waals surface area contributed by atoms with Gasteiger partial charge in [0.05, 0.1) is 6.04 Å². The number of carbonyl (C=O) groups excluding carboxylic acids is 1. The zero-order valence-electron chi connectivity index (χ0n) is 14.1. The van der Waals surface area contributed by atoms with Gasteiger partial charge in [0.15, 0.2) is 11.5 Å². The SMILES string of the molecule is O=C(Cn1ccc(=O)[nH]c1=O)N1CCC[C@H]1c1ccc2c(c1)OCCO2. The molecule has 1 aromatic heterocycles. The molecule has 1 fully saturated rings. The minimum atomic E-state index is -0.582. The van der Waals surface area contributed by atoms with Gasteiger partial charge >= 0.3 is 5.69 Å². The lowest BCUT2D eigenvalue weighted by atomic mass is 10.0. The summed E-state index contributed by atoms with van der Waals surface area (Å²) in [6.07, 6.45) is 3.09. The molecule has 1 saturated heterocycles. The molecule has 1 aromatic carbocycles. The van der Waals surface area contributed by atoms with E-state index in [1.165, 1.54) is 16.8 Å². The smallest absolute Gasteiger partial charge is 0.328 e. The van der Waals surface area contributed by atoms with Crippen LogP contribution in [0, 0.1) is 0 Å². The largest absolute Gasteiger partial charge is 0.486 e. The summed E-state index contributed by atoms with van der Waals surface area (Å²) in [7, 11) is 0. The van der Waals surface area contributed by atoms with E-state index in [0.29, 0.717) is 25.5 Å². The van der Waals surface area contributed by atoms with Crippen molar-refractivity contribution in [3.05, 3.63) is 56.9 Å². The van der Waals surface area contributed by atoms with Crippen LogP contribution in [0.15, 0.2) is 40.1 Å². The van der Waals surface area contributed by atoms with Crippen LogP contribution in [0.4, 0.5) is 0 Å². The molecule has 8 nitrogen and oxygen atoms in total. The summed E-state index contributed by atoms with van der Waals surface area (Å²) in [6, 6.07) is 6.93. The van der Waals surface area contributed by atoms with Gasteiger partial charge in [-0.15, -0.1) is 0 Å². The van der Waals surface area contributed by atoms with Crippen LogP contribution in [0.5, 0.6) is 11.5 Å². The molecule has 26 heavy (non-hydrogen) atoms. The molecule has 2 aliphatic rings. The van der Waals surface area contributed by atoms with Crippen molar-refractivity contribution in [2.75, 3.05) is 19.8 Å². The highest BCUT2D eigenvalue weighted by atomic mass is 16.6. The van der Waals surface area contributed by atoms with Crippen molar-refractivity contribution >= 4 is 5.91 Å². The first kappa shape index (κ1) is 16.4. The second kappa shape index (κ2) is 6.70. The van der Waals surface area contributed by atoms with E-state index in [2.05, 4.69) is 4.98 Å². The lowest BCUT2D eigenvalue weighted by Crippen LogP contribution is -2.38. The molecule has 4 rings (SSSR count). The van der Waals surface area contributed by atoms with Crippen molar-refractivity contribution in [3.8, 4) is 11.5 Å². The molecule has 136 valence electrons. The van der Waals surface area contributed by atoms with E-state index in [1.807, 2.05) is 18.2 Å². The Morgan fingerprint density at radius 2 is 1.96 bits per heavy atom. The van der Waals surface area contributed by atoms with Gasteiger partial charge in [-0.05, 0) is 30.5 Å². The maximum absolute atomic E-state index is 12.7. The predicted molar refractivity (Wildman–Crippen MR) is 92.4 cm³/mol. The second-order valence-corrected chi connectivity index (χ2v) is 6.39. The van der Waals surface area contributed by atoms with Gasteiger partial charge < -0.3 is 14.4 Å². The Labute approximate surface area is 149 Å². The van der Waals surface area contributed by atoms with Crippen molar-refractivity contribution in [1.29, 1.82) is 0 Å². The molecule has 1 N–H and O–H groups in total. The number of amides is 1. The molecule has 0 unspecified atom stereocenters. The van der Waals surface area contributed by atoms with Gasteiger partial charge in [-0.2, -0.15) is 0 Å². The monoisotopic (exact) mass is 357 g/mol. The average molecular weight is 357 g/mol. The Hall–Kier alpha value is -3.03. The van der Waals surface area contributed by atoms with Crippen LogP contribution in [-0.2, 0) is 11.3 Å². The summed E-state index contributed by atoms with van der Waals surface area (Å²) in [5, 5.41) is 0. The number of fused-ring (bicyclic) bond motifs is 1. The molecule has 2 aromatic rings. The number of aromatic nitrogens is 2. The molecule has 0 aliphatic carbocycles. The number of benzene rings is 1. The van der Waals surface area contributed by atoms with Crippen molar-refractivity contribution in [2.24, 2.45) is 0 Å². The summed E-state index contributed by atoms with van der Waals surface area (Å²) in [5.74, 6) is 1.26. The zero-order valence-corrected chi connectivity index (χ0v) is 14.1. The fourth-order valence-electron chi connectivity index (χ4n) is 3.48. The number of hydrogen-bond donors (Lipinski definition) is 1. The highest BCUT2D eigenvalue weighted by Gasteiger charge is 2.31. The quantitative estimate of drug-likeness (QED) is 0.871. The number of rotatable bonds is 3. The number of ether oxygens (including phenoxy) is 2. The van der Waals surface area contributed by atoms with Gasteiger partial charge in [-0.25, -0.2) is 4.79 Å². The topological polar surface area (TPSA) is 93.6 Å². The third-order valence-corrected chi connectivity index (χ3v) is 4.73. The minimum absolute atomic E-state index is 0.0585. The molecular formula is C18H19N3O5. The minimum Gasteiger partial charge on any atom is -0.486 e. The lowest BCUT2D eigenvalue weighted by Gasteiger charge is -2.27. The summed E-state index contributed by atoms with van der Waals surface area (Å²) in [4.78, 5) is 39.6. The molecule has 3 heterocycles. The van der Waals surface area contributed by atoms with E-state index in [1.54, 1.807) is 4.90 Å². The number of aromatic amines is 1. The normalized spacial score (nSPS) is 18.8. The van der Waals surface area contributed by atoms with E-state index in [-0.39, 0.29) is 18.5 Å². The van der Waals surface area contributed by atoms with Crippen LogP contribution in [0.1, 0.15) is 24.4 Å². The highest BCUT2D eigenvalue weighted by Crippen LogP contribution is 2.38. The second-order valence-electron chi connectivity index (χ2n) is 6.39. The molecular weight excluding hydrogens is 338 g/mol. The first-order valence-electron chi connectivity index (χ1n) is 8.60. The molecule has 0 spiro atoms. The molecule has 8 heteroatoms. The lowest BCUT2D eigenvalue weighted by molar-refractivity contribution is -0.132. The Bertz CT molecular complexity index is 948. The number of nitrogens with zero attached hydrogens (tertiary/aromatic N) is 2. The van der Waals surface area contributed by atoms with Gasteiger partial charge in [0.25, 0.3) is 5.56 Å². The third-order valence-electron chi connectivity index (χ3n) is 4.73. The molecule has 2 aliphatic heterocycles. The average Bonchev–Trinajstić information content (AvgIpc) is 3.13. The Kier molecular flexibility index (Phi) is 4.24. The van der Waals surface area contributed by atoms with E-state index < -0.39 is 11.2 Å². The van der Waals surface area contributed by atoms with Crippen LogP contribution in [0.2, 0.25) is 0 Å². The zero-order chi connectivity index (χ0) is 18.1. The van der Waals surface area contributed by atoms with Gasteiger partial charge in [-0.3, -0.25) is 19.1 Å². The van der Waals surface area contributed by atoms with Crippen LogP contribution in [0.3, 0.4) is 0 Å². The summed E-state index contributed by atoms with van der Waals surface area (Å²) in [5.41, 5.74) is -0.0659. The molecule has 1 atom stereocenters. The van der Waals surface area contributed by atoms with Gasteiger partial charge in [0, 0.05) is 18.8 Å². The number of likely N-dealkylation sites (tertiary alicyclic amines) is 1. The van der Waals surface area contributed by atoms with Crippen LogP contribution in [-0.4, -0.2) is 40.1 Å². The van der Waals surface area contributed by atoms with Crippen LogP contribution in [0.25, 0.3) is 0 Å². The van der Waals surface area contributed by atoms with Crippen molar-refractivity contribution in [2.45, 2.75) is 25.4 Å². The fraction of sp³-hybridized carbons (Fsp3) is 0.389. The highest BCUT2D eigenvalue weighted by molar-refractivity contribution is 5.77. The molecule has 0 bridgehead atoms. The molecule has 0 saturated carbocycles. The Morgan fingerprint density at radius 3 is 2.77 bits per heavy atom. The third kappa shape index (κ3) is 3.10. The standard InChI is InChI=1S/C18H19N3O5/c22-16-5-7-20(18(24)19-16)11-17(23)21-6-1-2-13(21)12-3-4-14-15(10-12)26-9-8-25-14/h3-5,7,10,13H,1-2,6,8-9,11H2,(H,19,22,24)/t13-/m0/s1. The molecule has 1 amide bonds. The molecule has 0 radical (unpaired) electrons. The number of H-pyrrole nitrogens is 1. The van der Waals surface area contributed by atoms with Crippen molar-refractivity contribution < 1.29 is 14.3 Å². The van der Waals surface area contributed by atoms with E-state index in [4.69, 9.17) is 9.47 Å². The number of hydrogen-bond acceptors (Lipinski definition) is 5. The first-order valence-corrected chi connectivity index (χ1v) is 8.60. The van der Waals surface area contributed by atoms with E-state index in [0.717, 1.165) is 24.2 Å². The summed E-state index contributed by atoms with van der Waals surface area (Å²) in [6.45, 7) is 1.58. The fourth-order valence-corrected chi connectivity index (χ4v) is 3.48. The number of nitrogens with one attached hydrogen (secondary N) is 1. The number of carbonyl (C=O) groups is 1. The Morgan fingerprint density at radius 1 is 1.15 bits per heavy atom. The summed E-state index contributed by atoms with van der Waals surface area (Å²) >= 11 is 0. The summed E-state index contributed by atoms with van der Waals surface area (Å²) < 4.78 is 12.4. The predicted octanol–water partition coefficient (Wildman–Crippen LogP) is 0.671. The van der Waals surface area contributed by atoms with E-state index >= 15 is 0 Å². The van der Waals surface area contributed by atoms with Crippen LogP contribution < -0.4 is 20.7 Å². The van der Waals surface area contributed by atoms with E-state index in [9.17, 15) is 14.4 Å².